The molecule has 2 aromatic carbocycles. The van der Waals surface area contributed by atoms with Crippen LogP contribution < -0.4 is 5.73 Å². The summed E-state index contributed by atoms with van der Waals surface area (Å²) < 4.78 is 29.1. The molecule has 1 aromatic heterocycles. The zero-order valence-corrected chi connectivity index (χ0v) is 12.2. The number of imidazole rings is 1. The van der Waals surface area contributed by atoms with Gasteiger partial charge in [0.1, 0.15) is 11.6 Å². The number of rotatable bonds is 1. The third-order valence-corrected chi connectivity index (χ3v) is 3.83. The number of aromatic nitrogens is 2. The molecule has 102 valence electrons. The summed E-state index contributed by atoms with van der Waals surface area (Å²) in [4.78, 5) is 4.11. The van der Waals surface area contributed by atoms with E-state index in [2.05, 4.69) is 20.9 Å². The Balaban J connectivity index is 2.38. The standard InChI is InChI=1S/C13H7BrClF2N3/c14-7-2-1-6(16)3-11(7)20-12-5-9(17)8(15)4-10(12)19-13(20)18/h1-5H,(H2,18,19). The zero-order chi connectivity index (χ0) is 14.4. The van der Waals surface area contributed by atoms with Crippen LogP contribution in [0, 0.1) is 11.6 Å². The third-order valence-electron chi connectivity index (χ3n) is 2.87. The lowest BCUT2D eigenvalue weighted by molar-refractivity contribution is 0.626. The van der Waals surface area contributed by atoms with Crippen molar-refractivity contribution in [2.45, 2.75) is 0 Å². The Labute approximate surface area is 126 Å². The fourth-order valence-corrected chi connectivity index (χ4v) is 2.58. The number of halogens is 4. The van der Waals surface area contributed by atoms with Crippen LogP contribution in [0.5, 0.6) is 0 Å². The van der Waals surface area contributed by atoms with Crippen molar-refractivity contribution >= 4 is 44.5 Å². The van der Waals surface area contributed by atoms with Gasteiger partial charge in [0.25, 0.3) is 0 Å². The number of hydrogen-bond donors (Lipinski definition) is 1. The molecule has 3 aromatic rings. The van der Waals surface area contributed by atoms with E-state index < -0.39 is 11.6 Å². The van der Waals surface area contributed by atoms with E-state index in [9.17, 15) is 8.78 Å². The molecule has 0 amide bonds. The Kier molecular flexibility index (Phi) is 3.14. The second-order valence-corrected chi connectivity index (χ2v) is 5.42. The number of nitrogens with zero attached hydrogens (tertiary/aromatic N) is 2. The molecule has 7 heteroatoms. The highest BCUT2D eigenvalue weighted by Gasteiger charge is 2.15. The van der Waals surface area contributed by atoms with Gasteiger partial charge in [0, 0.05) is 10.5 Å². The maximum atomic E-state index is 13.6. The van der Waals surface area contributed by atoms with E-state index in [4.69, 9.17) is 17.3 Å². The van der Waals surface area contributed by atoms with Crippen molar-refractivity contribution in [3.05, 3.63) is 51.5 Å². The second kappa shape index (κ2) is 4.71. The minimum atomic E-state index is -0.590. The van der Waals surface area contributed by atoms with E-state index >= 15 is 0 Å². The number of benzene rings is 2. The topological polar surface area (TPSA) is 43.8 Å². The van der Waals surface area contributed by atoms with E-state index in [0.29, 0.717) is 21.2 Å². The van der Waals surface area contributed by atoms with Crippen LogP contribution in [-0.2, 0) is 0 Å². The van der Waals surface area contributed by atoms with Crippen LogP contribution in [0.25, 0.3) is 16.7 Å². The van der Waals surface area contributed by atoms with Gasteiger partial charge < -0.3 is 5.73 Å². The van der Waals surface area contributed by atoms with E-state index in [-0.39, 0.29) is 11.0 Å². The van der Waals surface area contributed by atoms with Crippen molar-refractivity contribution < 1.29 is 8.78 Å². The van der Waals surface area contributed by atoms with Crippen molar-refractivity contribution in [2.75, 3.05) is 5.73 Å². The molecule has 3 rings (SSSR count). The van der Waals surface area contributed by atoms with Crippen molar-refractivity contribution in [1.29, 1.82) is 0 Å². The van der Waals surface area contributed by atoms with Gasteiger partial charge in [-0.3, -0.25) is 4.57 Å². The lowest BCUT2D eigenvalue weighted by atomic mass is 10.2. The van der Waals surface area contributed by atoms with Gasteiger partial charge in [-0.25, -0.2) is 13.8 Å². The smallest absolute Gasteiger partial charge is 0.205 e. The molecule has 0 spiro atoms. The molecule has 0 aliphatic carbocycles. The number of anilines is 1. The molecule has 0 fully saturated rings. The first-order valence-electron chi connectivity index (χ1n) is 5.56. The Bertz CT molecular complexity index is 832. The number of nitrogens with two attached hydrogens (primary N) is 1. The van der Waals surface area contributed by atoms with Crippen LogP contribution in [-0.4, -0.2) is 9.55 Å². The lowest BCUT2D eigenvalue weighted by Gasteiger charge is -2.09. The highest BCUT2D eigenvalue weighted by molar-refractivity contribution is 9.10. The summed E-state index contributed by atoms with van der Waals surface area (Å²) in [5, 5.41) is -0.0412. The molecule has 2 N–H and O–H groups in total. The van der Waals surface area contributed by atoms with Crippen LogP contribution in [0.15, 0.2) is 34.8 Å². The minimum Gasteiger partial charge on any atom is -0.369 e. The van der Waals surface area contributed by atoms with Gasteiger partial charge in [-0.1, -0.05) is 11.6 Å². The van der Waals surface area contributed by atoms with E-state index in [1.54, 1.807) is 6.07 Å². The monoisotopic (exact) mass is 357 g/mol. The molecule has 0 saturated heterocycles. The van der Waals surface area contributed by atoms with Crippen molar-refractivity contribution in [1.82, 2.24) is 9.55 Å². The Morgan fingerprint density at radius 2 is 1.95 bits per heavy atom. The summed E-state index contributed by atoms with van der Waals surface area (Å²) in [6, 6.07) is 6.74. The fraction of sp³-hybridized carbons (Fsp3) is 0. The molecule has 0 aliphatic rings. The summed E-state index contributed by atoms with van der Waals surface area (Å²) >= 11 is 9.03. The van der Waals surface area contributed by atoms with Crippen molar-refractivity contribution in [2.24, 2.45) is 0 Å². The van der Waals surface area contributed by atoms with Crippen LogP contribution in [0.1, 0.15) is 0 Å². The van der Waals surface area contributed by atoms with Gasteiger partial charge in [-0.2, -0.15) is 0 Å². The Morgan fingerprint density at radius 1 is 1.20 bits per heavy atom. The maximum absolute atomic E-state index is 13.6. The zero-order valence-electron chi connectivity index (χ0n) is 9.87. The van der Waals surface area contributed by atoms with Crippen LogP contribution in [0.3, 0.4) is 0 Å². The molecule has 0 saturated carbocycles. The molecule has 0 radical (unpaired) electrons. The maximum Gasteiger partial charge on any atom is 0.205 e. The Morgan fingerprint density at radius 3 is 2.70 bits per heavy atom. The molecule has 0 aliphatic heterocycles. The summed E-state index contributed by atoms with van der Waals surface area (Å²) in [6.07, 6.45) is 0. The second-order valence-electron chi connectivity index (χ2n) is 4.16. The lowest BCUT2D eigenvalue weighted by Crippen LogP contribution is -2.02. The van der Waals surface area contributed by atoms with Crippen molar-refractivity contribution in [3.8, 4) is 5.69 Å². The number of hydrogen-bond acceptors (Lipinski definition) is 2. The highest BCUT2D eigenvalue weighted by Crippen LogP contribution is 2.31. The van der Waals surface area contributed by atoms with Gasteiger partial charge in [-0.05, 0) is 40.2 Å². The normalized spacial score (nSPS) is 11.2. The molecule has 3 nitrogen and oxygen atoms in total. The van der Waals surface area contributed by atoms with Crippen LogP contribution >= 0.6 is 27.5 Å². The van der Waals surface area contributed by atoms with Crippen LogP contribution in [0.2, 0.25) is 5.02 Å². The summed E-state index contributed by atoms with van der Waals surface area (Å²) in [5.41, 5.74) is 7.13. The first-order chi connectivity index (χ1) is 9.47. The average molecular weight is 359 g/mol. The molecular formula is C13H7BrClF2N3. The number of fused-ring (bicyclic) bond motifs is 1. The predicted octanol–water partition coefficient (Wildman–Crippen LogP) is 4.30. The predicted molar refractivity (Wildman–Crippen MR) is 78.1 cm³/mol. The largest absolute Gasteiger partial charge is 0.369 e. The van der Waals surface area contributed by atoms with Gasteiger partial charge in [0.05, 0.1) is 21.7 Å². The van der Waals surface area contributed by atoms with E-state index in [1.165, 1.54) is 28.8 Å². The minimum absolute atomic E-state index is 0.0412. The first kappa shape index (κ1) is 13.3. The quantitative estimate of drug-likeness (QED) is 0.705. The summed E-state index contributed by atoms with van der Waals surface area (Å²) in [6.45, 7) is 0. The van der Waals surface area contributed by atoms with Gasteiger partial charge in [0.15, 0.2) is 0 Å². The molecular weight excluding hydrogens is 352 g/mol. The molecule has 0 bridgehead atoms. The summed E-state index contributed by atoms with van der Waals surface area (Å²) in [5.74, 6) is -0.903. The fourth-order valence-electron chi connectivity index (χ4n) is 2.00. The first-order valence-corrected chi connectivity index (χ1v) is 6.73. The molecule has 0 atom stereocenters. The number of nitrogen functional groups attached to an aromatic ring is 1. The van der Waals surface area contributed by atoms with Gasteiger partial charge in [0.2, 0.25) is 5.95 Å². The molecule has 1 heterocycles. The van der Waals surface area contributed by atoms with E-state index in [0.717, 1.165) is 0 Å². The van der Waals surface area contributed by atoms with Crippen LogP contribution in [0.4, 0.5) is 14.7 Å². The SMILES string of the molecule is Nc1nc2cc(Cl)c(F)cc2n1-c1cc(F)ccc1Br. The molecule has 20 heavy (non-hydrogen) atoms. The average Bonchev–Trinajstić information content (AvgIpc) is 2.69. The van der Waals surface area contributed by atoms with Crippen molar-refractivity contribution in [3.63, 3.8) is 0 Å². The van der Waals surface area contributed by atoms with Gasteiger partial charge >= 0.3 is 0 Å². The molecule has 0 unspecified atom stereocenters. The van der Waals surface area contributed by atoms with E-state index in [1.807, 2.05) is 0 Å². The Hall–Kier alpha value is -1.66. The summed E-state index contributed by atoms with van der Waals surface area (Å²) in [7, 11) is 0. The third kappa shape index (κ3) is 2.05. The highest BCUT2D eigenvalue weighted by atomic mass is 79.9. The van der Waals surface area contributed by atoms with Gasteiger partial charge in [-0.15, -0.1) is 0 Å².